The summed E-state index contributed by atoms with van der Waals surface area (Å²) in [7, 11) is 2.08. The molecule has 98 valence electrons. The quantitative estimate of drug-likeness (QED) is 0.547. The first-order chi connectivity index (χ1) is 8.34. The molecule has 0 aliphatic carbocycles. The lowest BCUT2D eigenvalue weighted by molar-refractivity contribution is 0.560. The predicted molar refractivity (Wildman–Crippen MR) is 74.1 cm³/mol. The van der Waals surface area contributed by atoms with Crippen LogP contribution in [-0.2, 0) is 13.5 Å². The van der Waals surface area contributed by atoms with Gasteiger partial charge in [0.1, 0.15) is 5.82 Å². The first kappa shape index (κ1) is 14.3. The Kier molecular flexibility index (Phi) is 7.78. The summed E-state index contributed by atoms with van der Waals surface area (Å²) >= 11 is 0. The molecule has 0 fully saturated rings. The highest BCUT2D eigenvalue weighted by Crippen LogP contribution is 2.11. The normalized spacial score (nSPS) is 10.9. The summed E-state index contributed by atoms with van der Waals surface area (Å²) < 4.78 is 2.13. The number of aromatic nitrogens is 2. The monoisotopic (exact) mass is 236 g/mol. The van der Waals surface area contributed by atoms with Gasteiger partial charge in [-0.05, 0) is 6.42 Å². The molecule has 1 rings (SSSR count). The van der Waals surface area contributed by atoms with Crippen LogP contribution in [0.25, 0.3) is 0 Å². The number of aryl methyl sites for hydroxylation is 2. The van der Waals surface area contributed by atoms with E-state index < -0.39 is 0 Å². The fourth-order valence-electron chi connectivity index (χ4n) is 2.23. The van der Waals surface area contributed by atoms with Gasteiger partial charge in [0.2, 0.25) is 0 Å². The summed E-state index contributed by atoms with van der Waals surface area (Å²) in [5.41, 5.74) is 0. The average Bonchev–Trinajstić information content (AvgIpc) is 2.73. The second-order valence-corrected chi connectivity index (χ2v) is 5.03. The van der Waals surface area contributed by atoms with E-state index in [1.54, 1.807) is 0 Å². The highest BCUT2D eigenvalue weighted by molar-refractivity contribution is 4.90. The third-order valence-electron chi connectivity index (χ3n) is 3.42. The summed E-state index contributed by atoms with van der Waals surface area (Å²) in [6.45, 7) is 2.28. The van der Waals surface area contributed by atoms with Gasteiger partial charge in [-0.2, -0.15) is 0 Å². The topological polar surface area (TPSA) is 17.8 Å². The molecule has 0 radical (unpaired) electrons. The van der Waals surface area contributed by atoms with Crippen molar-refractivity contribution in [2.24, 2.45) is 7.05 Å². The number of hydrogen-bond donors (Lipinski definition) is 0. The molecular weight excluding hydrogens is 208 g/mol. The SMILES string of the molecule is CCCCCCCCCCCc1nccn1C. The van der Waals surface area contributed by atoms with E-state index >= 15 is 0 Å². The standard InChI is InChI=1S/C15H28N2/c1-3-4-5-6-7-8-9-10-11-12-15-16-13-14-17(15)2/h13-14H,3-12H2,1-2H3. The number of nitrogens with zero attached hydrogens (tertiary/aromatic N) is 2. The van der Waals surface area contributed by atoms with E-state index in [1.807, 2.05) is 12.4 Å². The zero-order chi connectivity index (χ0) is 12.3. The van der Waals surface area contributed by atoms with Gasteiger partial charge in [0, 0.05) is 25.9 Å². The molecular formula is C15H28N2. The molecule has 0 atom stereocenters. The van der Waals surface area contributed by atoms with Crippen molar-refractivity contribution in [2.75, 3.05) is 0 Å². The van der Waals surface area contributed by atoms with E-state index in [0.29, 0.717) is 0 Å². The lowest BCUT2D eigenvalue weighted by Gasteiger charge is -2.02. The van der Waals surface area contributed by atoms with E-state index in [1.165, 1.54) is 63.6 Å². The van der Waals surface area contributed by atoms with Gasteiger partial charge in [-0.1, -0.05) is 58.3 Å². The second-order valence-electron chi connectivity index (χ2n) is 5.03. The first-order valence-corrected chi connectivity index (χ1v) is 7.30. The van der Waals surface area contributed by atoms with Crippen LogP contribution >= 0.6 is 0 Å². The Morgan fingerprint density at radius 1 is 0.941 bits per heavy atom. The van der Waals surface area contributed by atoms with Crippen LogP contribution in [0.1, 0.15) is 70.5 Å². The molecule has 1 aromatic rings. The summed E-state index contributed by atoms with van der Waals surface area (Å²) in [6.07, 6.45) is 17.6. The predicted octanol–water partition coefficient (Wildman–Crippen LogP) is 4.49. The van der Waals surface area contributed by atoms with Crippen molar-refractivity contribution in [2.45, 2.75) is 71.1 Å². The van der Waals surface area contributed by atoms with Gasteiger partial charge in [0.25, 0.3) is 0 Å². The molecule has 2 heteroatoms. The summed E-state index contributed by atoms with van der Waals surface area (Å²) in [5, 5.41) is 0. The van der Waals surface area contributed by atoms with Crippen LogP contribution in [0.15, 0.2) is 12.4 Å². The van der Waals surface area contributed by atoms with Gasteiger partial charge >= 0.3 is 0 Å². The van der Waals surface area contributed by atoms with Crippen LogP contribution in [0.4, 0.5) is 0 Å². The van der Waals surface area contributed by atoms with Crippen LogP contribution in [0.2, 0.25) is 0 Å². The molecule has 0 bridgehead atoms. The minimum Gasteiger partial charge on any atom is -0.338 e. The summed E-state index contributed by atoms with van der Waals surface area (Å²) in [4.78, 5) is 4.35. The summed E-state index contributed by atoms with van der Waals surface area (Å²) in [5.74, 6) is 1.23. The maximum atomic E-state index is 4.35. The van der Waals surface area contributed by atoms with Crippen LogP contribution in [0.3, 0.4) is 0 Å². The van der Waals surface area contributed by atoms with Crippen LogP contribution < -0.4 is 0 Å². The highest BCUT2D eigenvalue weighted by atomic mass is 15.0. The van der Waals surface area contributed by atoms with E-state index in [-0.39, 0.29) is 0 Å². The molecule has 17 heavy (non-hydrogen) atoms. The molecule has 0 unspecified atom stereocenters. The van der Waals surface area contributed by atoms with Gasteiger partial charge in [0.05, 0.1) is 0 Å². The van der Waals surface area contributed by atoms with Crippen molar-refractivity contribution in [3.8, 4) is 0 Å². The Labute approximate surface area is 106 Å². The van der Waals surface area contributed by atoms with Gasteiger partial charge in [-0.15, -0.1) is 0 Å². The van der Waals surface area contributed by atoms with Gasteiger partial charge in [-0.3, -0.25) is 0 Å². The molecule has 0 saturated heterocycles. The first-order valence-electron chi connectivity index (χ1n) is 7.30. The van der Waals surface area contributed by atoms with Crippen molar-refractivity contribution < 1.29 is 0 Å². The minimum absolute atomic E-state index is 1.14. The fourth-order valence-corrected chi connectivity index (χ4v) is 2.23. The Bertz CT molecular complexity index is 278. The lowest BCUT2D eigenvalue weighted by atomic mass is 10.1. The van der Waals surface area contributed by atoms with Crippen molar-refractivity contribution in [3.05, 3.63) is 18.2 Å². The van der Waals surface area contributed by atoms with Gasteiger partial charge in [-0.25, -0.2) is 4.98 Å². The molecule has 0 N–H and O–H groups in total. The minimum atomic E-state index is 1.14. The zero-order valence-electron chi connectivity index (χ0n) is 11.6. The largest absolute Gasteiger partial charge is 0.338 e. The van der Waals surface area contributed by atoms with E-state index in [2.05, 4.69) is 23.5 Å². The molecule has 0 spiro atoms. The number of imidazole rings is 1. The third-order valence-corrected chi connectivity index (χ3v) is 3.42. The molecule has 0 aliphatic heterocycles. The smallest absolute Gasteiger partial charge is 0.108 e. The molecule has 0 saturated carbocycles. The second kappa shape index (κ2) is 9.26. The number of rotatable bonds is 10. The van der Waals surface area contributed by atoms with Crippen LogP contribution in [-0.4, -0.2) is 9.55 Å². The molecule has 1 heterocycles. The Hall–Kier alpha value is -0.790. The molecule has 0 aromatic carbocycles. The Balaban J connectivity index is 1.86. The van der Waals surface area contributed by atoms with Crippen molar-refractivity contribution in [1.29, 1.82) is 0 Å². The fraction of sp³-hybridized carbons (Fsp3) is 0.800. The number of hydrogen-bond acceptors (Lipinski definition) is 1. The van der Waals surface area contributed by atoms with E-state index in [4.69, 9.17) is 0 Å². The van der Waals surface area contributed by atoms with Crippen molar-refractivity contribution >= 4 is 0 Å². The lowest BCUT2D eigenvalue weighted by Crippen LogP contribution is -1.96. The molecule has 0 aliphatic rings. The Morgan fingerprint density at radius 2 is 1.53 bits per heavy atom. The zero-order valence-corrected chi connectivity index (χ0v) is 11.6. The van der Waals surface area contributed by atoms with Crippen LogP contribution in [0, 0.1) is 0 Å². The van der Waals surface area contributed by atoms with Crippen molar-refractivity contribution in [1.82, 2.24) is 9.55 Å². The Morgan fingerprint density at radius 3 is 2.06 bits per heavy atom. The third kappa shape index (κ3) is 6.50. The molecule has 1 aromatic heterocycles. The summed E-state index contributed by atoms with van der Waals surface area (Å²) in [6, 6.07) is 0. The highest BCUT2D eigenvalue weighted by Gasteiger charge is 1.98. The van der Waals surface area contributed by atoms with Gasteiger partial charge in [0.15, 0.2) is 0 Å². The van der Waals surface area contributed by atoms with E-state index in [9.17, 15) is 0 Å². The van der Waals surface area contributed by atoms with Crippen LogP contribution in [0.5, 0.6) is 0 Å². The number of unbranched alkanes of at least 4 members (excludes halogenated alkanes) is 8. The molecule has 0 amide bonds. The average molecular weight is 236 g/mol. The van der Waals surface area contributed by atoms with E-state index in [0.717, 1.165) is 6.42 Å². The maximum Gasteiger partial charge on any atom is 0.108 e. The maximum absolute atomic E-state index is 4.35. The van der Waals surface area contributed by atoms with Gasteiger partial charge < -0.3 is 4.57 Å². The van der Waals surface area contributed by atoms with Crippen molar-refractivity contribution in [3.63, 3.8) is 0 Å². The molecule has 2 nitrogen and oxygen atoms in total.